The van der Waals surface area contributed by atoms with E-state index in [9.17, 15) is 15.3 Å². The first-order valence-corrected chi connectivity index (χ1v) is 9.57. The van der Waals surface area contributed by atoms with Crippen LogP contribution in [0.1, 0.15) is 67.2 Å². The van der Waals surface area contributed by atoms with Gasteiger partial charge < -0.3 is 15.3 Å². The van der Waals surface area contributed by atoms with Crippen LogP contribution in [0.25, 0.3) is 0 Å². The SMILES string of the molecule is CCC(C)[O-].CCC(C)[O-].CCC(C)[O-].NCC[CH2][Sn+3]. The van der Waals surface area contributed by atoms with Crippen molar-refractivity contribution in [3.63, 3.8) is 0 Å². The fourth-order valence-corrected chi connectivity index (χ4v) is 0.685. The van der Waals surface area contributed by atoms with Crippen molar-refractivity contribution in [1.82, 2.24) is 0 Å². The van der Waals surface area contributed by atoms with E-state index in [2.05, 4.69) is 0 Å². The topological polar surface area (TPSA) is 95.2 Å². The summed E-state index contributed by atoms with van der Waals surface area (Å²) in [5, 5.41) is 29.7. The Morgan fingerprint density at radius 1 is 0.800 bits per heavy atom. The van der Waals surface area contributed by atoms with Crippen LogP contribution in [0.3, 0.4) is 0 Å². The summed E-state index contributed by atoms with van der Waals surface area (Å²) < 4.78 is 1.31. The zero-order valence-corrected chi connectivity index (χ0v) is 17.1. The van der Waals surface area contributed by atoms with Gasteiger partial charge in [-0.1, -0.05) is 60.8 Å². The maximum absolute atomic E-state index is 9.90. The van der Waals surface area contributed by atoms with Crippen LogP contribution < -0.4 is 21.1 Å². The van der Waals surface area contributed by atoms with Gasteiger partial charge in [-0.05, 0) is 0 Å². The molecular weight excluding hydrogens is 361 g/mol. The van der Waals surface area contributed by atoms with Crippen molar-refractivity contribution < 1.29 is 15.3 Å². The molecule has 0 spiro atoms. The molecule has 0 aliphatic heterocycles. The van der Waals surface area contributed by atoms with Crippen molar-refractivity contribution in [2.45, 2.75) is 90.0 Å². The Morgan fingerprint density at radius 2 is 1.00 bits per heavy atom. The molecule has 0 aromatic rings. The van der Waals surface area contributed by atoms with Crippen LogP contribution in [0.15, 0.2) is 0 Å². The molecule has 5 heteroatoms. The van der Waals surface area contributed by atoms with Gasteiger partial charge in [0.1, 0.15) is 0 Å². The average Bonchev–Trinajstić information content (AvgIpc) is 2.41. The molecule has 0 aliphatic rings. The molecule has 4 nitrogen and oxygen atoms in total. The van der Waals surface area contributed by atoms with Crippen molar-refractivity contribution in [2.24, 2.45) is 5.73 Å². The minimum absolute atomic E-state index is 0.366. The van der Waals surface area contributed by atoms with Gasteiger partial charge in [0.2, 0.25) is 0 Å². The fraction of sp³-hybridized carbons (Fsp3) is 1.00. The average molecular weight is 396 g/mol. The van der Waals surface area contributed by atoms with Gasteiger partial charge in [-0.2, -0.15) is 0 Å². The Labute approximate surface area is 140 Å². The van der Waals surface area contributed by atoms with Crippen LogP contribution in [0.2, 0.25) is 4.44 Å². The van der Waals surface area contributed by atoms with E-state index in [1.165, 1.54) is 10.9 Å². The summed E-state index contributed by atoms with van der Waals surface area (Å²) >= 11 is 1.60. The van der Waals surface area contributed by atoms with Crippen molar-refractivity contribution >= 4 is 22.5 Å². The van der Waals surface area contributed by atoms with E-state index in [4.69, 9.17) is 5.73 Å². The molecule has 0 radical (unpaired) electrons. The van der Waals surface area contributed by atoms with E-state index in [-0.39, 0.29) is 18.3 Å². The van der Waals surface area contributed by atoms with E-state index in [0.717, 1.165) is 25.8 Å². The molecule has 0 aromatic heterocycles. The van der Waals surface area contributed by atoms with Crippen molar-refractivity contribution in [3.05, 3.63) is 0 Å². The van der Waals surface area contributed by atoms with Gasteiger partial charge in [-0.3, -0.25) is 0 Å². The van der Waals surface area contributed by atoms with Crippen molar-refractivity contribution in [1.29, 1.82) is 0 Å². The third-order valence-corrected chi connectivity index (χ3v) is 3.11. The summed E-state index contributed by atoms with van der Waals surface area (Å²) in [5.74, 6) is 0. The first-order chi connectivity index (χ1) is 9.22. The molecule has 0 saturated heterocycles. The quantitative estimate of drug-likeness (QED) is 0.679. The van der Waals surface area contributed by atoms with E-state index in [1.54, 1.807) is 43.3 Å². The van der Waals surface area contributed by atoms with Gasteiger partial charge in [0, 0.05) is 0 Å². The molecule has 0 aromatic carbocycles. The fourth-order valence-electron chi connectivity index (χ4n) is 0.102. The number of hydrogen-bond donors (Lipinski definition) is 1. The van der Waals surface area contributed by atoms with Gasteiger partial charge in [0.05, 0.1) is 0 Å². The third-order valence-electron chi connectivity index (χ3n) is 2.11. The monoisotopic (exact) mass is 397 g/mol. The van der Waals surface area contributed by atoms with Gasteiger partial charge in [-0.25, -0.2) is 0 Å². The number of rotatable bonds is 5. The summed E-state index contributed by atoms with van der Waals surface area (Å²) in [6.07, 6.45) is 2.36. The first kappa shape index (κ1) is 28.8. The second-order valence-corrected chi connectivity index (χ2v) is 5.98. The molecule has 0 amide bonds. The van der Waals surface area contributed by atoms with E-state index >= 15 is 0 Å². The van der Waals surface area contributed by atoms with Gasteiger partial charge in [0.15, 0.2) is 0 Å². The summed E-state index contributed by atoms with van der Waals surface area (Å²) in [5.41, 5.74) is 5.15. The Balaban J connectivity index is -0.0000000853. The minimum atomic E-state index is -0.366. The molecule has 0 heterocycles. The predicted molar refractivity (Wildman–Crippen MR) is 83.5 cm³/mol. The van der Waals surface area contributed by atoms with Gasteiger partial charge in [-0.15, -0.1) is 18.3 Å². The standard InChI is InChI=1S/3C4H9O.C3H8N.Sn/c3*1-3-4(2)5;1-2-3-4;/h3*4H,3H2,1-2H3;1-4H2;/q3*-1;;+3. The van der Waals surface area contributed by atoms with E-state index < -0.39 is 0 Å². The summed E-state index contributed by atoms with van der Waals surface area (Å²) in [6.45, 7) is 11.5. The molecule has 20 heavy (non-hydrogen) atoms. The van der Waals surface area contributed by atoms with E-state index in [0.29, 0.717) is 0 Å². The van der Waals surface area contributed by atoms with Gasteiger partial charge in [0.25, 0.3) is 0 Å². The molecule has 0 aliphatic carbocycles. The van der Waals surface area contributed by atoms with Crippen molar-refractivity contribution in [3.8, 4) is 0 Å². The van der Waals surface area contributed by atoms with Crippen LogP contribution >= 0.6 is 0 Å². The molecule has 122 valence electrons. The molecule has 0 saturated carbocycles. The number of hydrogen-bond acceptors (Lipinski definition) is 4. The normalized spacial score (nSPS) is 13.4. The summed E-state index contributed by atoms with van der Waals surface area (Å²) in [4.78, 5) is 0. The Kier molecular flexibility index (Phi) is 40.1. The van der Waals surface area contributed by atoms with Crippen molar-refractivity contribution in [2.75, 3.05) is 6.54 Å². The molecule has 2 N–H and O–H groups in total. The van der Waals surface area contributed by atoms with Crippen LogP contribution in [0.5, 0.6) is 0 Å². The van der Waals surface area contributed by atoms with Crippen LogP contribution in [-0.4, -0.2) is 47.4 Å². The molecule has 0 bridgehead atoms. The summed E-state index contributed by atoms with van der Waals surface area (Å²) in [6, 6.07) is 0. The molecule has 0 rings (SSSR count). The predicted octanol–water partition coefficient (Wildman–Crippen LogP) is 0.358. The second-order valence-electron chi connectivity index (χ2n) is 4.55. The summed E-state index contributed by atoms with van der Waals surface area (Å²) in [7, 11) is 0. The molecular formula is C15H35NO3Sn. The third kappa shape index (κ3) is 77.7. The van der Waals surface area contributed by atoms with Crippen LogP contribution in [0.4, 0.5) is 0 Å². The number of nitrogens with two attached hydrogens (primary N) is 1. The zero-order chi connectivity index (χ0) is 17.0. The first-order valence-electron chi connectivity index (χ1n) is 7.55. The van der Waals surface area contributed by atoms with Crippen LogP contribution in [-0.2, 0) is 0 Å². The molecule has 0 fully saturated rings. The Hall–Kier alpha value is 0.639. The second kappa shape index (κ2) is 27.9. The zero-order valence-electron chi connectivity index (χ0n) is 14.3. The molecule has 3 unspecified atom stereocenters. The maximum atomic E-state index is 9.90. The van der Waals surface area contributed by atoms with Gasteiger partial charge >= 0.3 is 45.7 Å². The Bertz CT molecular complexity index is 113. The van der Waals surface area contributed by atoms with Crippen LogP contribution in [0, 0.1) is 0 Å². The molecule has 3 atom stereocenters. The Morgan fingerprint density at radius 3 is 1.00 bits per heavy atom. The van der Waals surface area contributed by atoms with E-state index in [1.807, 2.05) is 20.8 Å².